The average Bonchev–Trinajstić information content (AvgIpc) is 2.49. The van der Waals surface area contributed by atoms with Crippen LogP contribution in [0.1, 0.15) is 28.4 Å². The van der Waals surface area contributed by atoms with Gasteiger partial charge in [0.05, 0.1) is 0 Å². The van der Waals surface area contributed by atoms with E-state index in [-0.39, 0.29) is 5.78 Å². The largest absolute Gasteiger partial charge is 0.295 e. The number of ketones is 1. The molecule has 0 aliphatic heterocycles. The summed E-state index contributed by atoms with van der Waals surface area (Å²) in [6.07, 6.45) is 5.94. The molecule has 12 heavy (non-hydrogen) atoms. The predicted molar refractivity (Wildman–Crippen MR) is 47.1 cm³/mol. The fourth-order valence-electron chi connectivity index (χ4n) is 1.53. The van der Waals surface area contributed by atoms with Crippen molar-refractivity contribution in [1.29, 1.82) is 0 Å². The van der Waals surface area contributed by atoms with E-state index in [0.717, 1.165) is 23.1 Å². The normalized spacial score (nSPS) is 13.1. The Bertz CT molecular complexity index is 361. The van der Waals surface area contributed by atoms with E-state index in [1.54, 1.807) is 6.92 Å². The summed E-state index contributed by atoms with van der Waals surface area (Å²) in [5.74, 6) is 0.143. The second-order valence-electron chi connectivity index (χ2n) is 2.94. The maximum Gasteiger partial charge on any atom is 0.160 e. The molecule has 2 rings (SSSR count). The third-order valence-corrected chi connectivity index (χ3v) is 2.12. The molecular weight excluding hydrogens is 148 g/mol. The summed E-state index contributed by atoms with van der Waals surface area (Å²) in [5, 5.41) is 0. The third kappa shape index (κ3) is 0.981. The lowest BCUT2D eigenvalue weighted by atomic mass is 10.0. The van der Waals surface area contributed by atoms with Gasteiger partial charge in [-0.15, -0.1) is 0 Å². The molecule has 1 aliphatic rings. The number of carbonyl (C=O) groups excluding carboxylic acids is 1. The number of carbonyl (C=O) groups is 1. The highest BCUT2D eigenvalue weighted by Crippen LogP contribution is 2.21. The van der Waals surface area contributed by atoms with Crippen molar-refractivity contribution < 1.29 is 4.79 Å². The van der Waals surface area contributed by atoms with E-state index in [2.05, 4.69) is 6.08 Å². The van der Waals surface area contributed by atoms with Crippen molar-refractivity contribution in [3.05, 3.63) is 47.0 Å². The van der Waals surface area contributed by atoms with Gasteiger partial charge < -0.3 is 0 Å². The molecule has 0 atom stereocenters. The van der Waals surface area contributed by atoms with Crippen molar-refractivity contribution in [3.8, 4) is 0 Å². The lowest BCUT2D eigenvalue weighted by Crippen LogP contribution is -1.98. The van der Waals surface area contributed by atoms with E-state index in [1.165, 1.54) is 0 Å². The molecule has 0 spiro atoms. The van der Waals surface area contributed by atoms with Gasteiger partial charge in [0, 0.05) is 5.56 Å². The second-order valence-corrected chi connectivity index (χ2v) is 2.94. The standard InChI is InChI=1S/C11H9O/c1-8(12)10-6-2-4-9-5-3-7-11(9)10/h2-4,6H,7H2,1H3. The molecule has 1 aromatic carbocycles. The van der Waals surface area contributed by atoms with E-state index < -0.39 is 0 Å². The number of rotatable bonds is 1. The number of hydrogen-bond donors (Lipinski definition) is 0. The lowest BCUT2D eigenvalue weighted by Gasteiger charge is -2.03. The molecule has 0 saturated heterocycles. The number of allylic oxidation sites excluding steroid dienone is 1. The van der Waals surface area contributed by atoms with Crippen LogP contribution in [0.4, 0.5) is 0 Å². The van der Waals surface area contributed by atoms with Crippen LogP contribution in [0, 0.1) is 6.08 Å². The van der Waals surface area contributed by atoms with Crippen LogP contribution in [0.25, 0.3) is 0 Å². The van der Waals surface area contributed by atoms with Crippen LogP contribution in [-0.4, -0.2) is 5.78 Å². The predicted octanol–water partition coefficient (Wildman–Crippen LogP) is 2.15. The van der Waals surface area contributed by atoms with Crippen molar-refractivity contribution in [2.75, 3.05) is 0 Å². The quantitative estimate of drug-likeness (QED) is 0.571. The molecular formula is C11H9O. The number of benzene rings is 1. The zero-order valence-electron chi connectivity index (χ0n) is 6.92. The summed E-state index contributed by atoms with van der Waals surface area (Å²) in [6, 6.07) is 5.77. The van der Waals surface area contributed by atoms with Crippen molar-refractivity contribution in [2.24, 2.45) is 0 Å². The summed E-state index contributed by atoms with van der Waals surface area (Å²) >= 11 is 0. The van der Waals surface area contributed by atoms with Gasteiger partial charge in [-0.05, 0) is 30.5 Å². The summed E-state index contributed by atoms with van der Waals surface area (Å²) in [4.78, 5) is 11.2. The van der Waals surface area contributed by atoms with Gasteiger partial charge in [0.1, 0.15) is 0 Å². The Morgan fingerprint density at radius 3 is 3.08 bits per heavy atom. The topological polar surface area (TPSA) is 17.1 Å². The summed E-state index contributed by atoms with van der Waals surface area (Å²) < 4.78 is 0. The minimum Gasteiger partial charge on any atom is -0.295 e. The molecule has 1 aromatic rings. The highest BCUT2D eigenvalue weighted by molar-refractivity contribution is 5.96. The Labute approximate surface area is 71.7 Å². The zero-order valence-corrected chi connectivity index (χ0v) is 6.92. The molecule has 1 nitrogen and oxygen atoms in total. The highest BCUT2D eigenvalue weighted by atomic mass is 16.1. The molecule has 0 saturated carbocycles. The first-order chi connectivity index (χ1) is 5.79. The third-order valence-electron chi connectivity index (χ3n) is 2.12. The summed E-state index contributed by atoms with van der Waals surface area (Å²) in [5.41, 5.74) is 3.04. The zero-order chi connectivity index (χ0) is 8.55. The Balaban J connectivity index is 2.60. The van der Waals surface area contributed by atoms with Crippen LogP contribution < -0.4 is 0 Å². The fraction of sp³-hybridized carbons (Fsp3) is 0.182. The smallest absolute Gasteiger partial charge is 0.160 e. The van der Waals surface area contributed by atoms with Gasteiger partial charge in [-0.1, -0.05) is 24.3 Å². The van der Waals surface area contributed by atoms with E-state index in [4.69, 9.17) is 0 Å². The van der Waals surface area contributed by atoms with Gasteiger partial charge in [-0.25, -0.2) is 0 Å². The first-order valence-electron chi connectivity index (χ1n) is 4.00. The minimum absolute atomic E-state index is 0.143. The van der Waals surface area contributed by atoms with Crippen LogP contribution in [0.15, 0.2) is 24.3 Å². The van der Waals surface area contributed by atoms with Crippen molar-refractivity contribution >= 4 is 5.78 Å². The molecule has 0 unspecified atom stereocenters. The van der Waals surface area contributed by atoms with Crippen LogP contribution in [0.3, 0.4) is 0 Å². The van der Waals surface area contributed by atoms with Gasteiger partial charge in [-0.3, -0.25) is 4.79 Å². The Hall–Kier alpha value is -1.37. The molecule has 59 valence electrons. The molecule has 0 amide bonds. The molecule has 0 aromatic heterocycles. The molecule has 1 radical (unpaired) electrons. The van der Waals surface area contributed by atoms with Gasteiger partial charge in [0.15, 0.2) is 5.78 Å². The van der Waals surface area contributed by atoms with E-state index >= 15 is 0 Å². The lowest BCUT2D eigenvalue weighted by molar-refractivity contribution is 0.101. The summed E-state index contributed by atoms with van der Waals surface area (Å²) in [7, 11) is 0. The van der Waals surface area contributed by atoms with Crippen molar-refractivity contribution in [2.45, 2.75) is 13.3 Å². The first kappa shape index (κ1) is 7.29. The molecule has 0 bridgehead atoms. The van der Waals surface area contributed by atoms with Gasteiger partial charge in [-0.2, -0.15) is 0 Å². The Kier molecular flexibility index (Phi) is 1.58. The minimum atomic E-state index is 0.143. The summed E-state index contributed by atoms with van der Waals surface area (Å²) in [6.45, 7) is 1.61. The molecule has 0 N–H and O–H groups in total. The van der Waals surface area contributed by atoms with E-state index in [1.807, 2.05) is 24.3 Å². The van der Waals surface area contributed by atoms with Gasteiger partial charge in [0.2, 0.25) is 0 Å². The Morgan fingerprint density at radius 2 is 2.33 bits per heavy atom. The second kappa shape index (κ2) is 2.59. The van der Waals surface area contributed by atoms with Crippen LogP contribution in [-0.2, 0) is 6.42 Å². The number of hydrogen-bond acceptors (Lipinski definition) is 1. The molecule has 1 aliphatic carbocycles. The van der Waals surface area contributed by atoms with Crippen molar-refractivity contribution in [3.63, 3.8) is 0 Å². The van der Waals surface area contributed by atoms with Crippen LogP contribution in [0.5, 0.6) is 0 Å². The SMILES string of the molecule is CC(=O)c1cccc2c1CC=[C]2. The molecule has 1 heteroatoms. The molecule has 0 heterocycles. The van der Waals surface area contributed by atoms with E-state index in [0.29, 0.717) is 0 Å². The highest BCUT2D eigenvalue weighted by Gasteiger charge is 2.12. The number of fused-ring (bicyclic) bond motifs is 1. The monoisotopic (exact) mass is 157 g/mol. The van der Waals surface area contributed by atoms with Gasteiger partial charge in [0.25, 0.3) is 0 Å². The van der Waals surface area contributed by atoms with Crippen molar-refractivity contribution in [1.82, 2.24) is 0 Å². The fourth-order valence-corrected chi connectivity index (χ4v) is 1.53. The van der Waals surface area contributed by atoms with Gasteiger partial charge >= 0.3 is 0 Å². The number of Topliss-reactive ketones (excluding diaryl/α,β-unsaturated/α-hetero) is 1. The maximum absolute atomic E-state index is 11.2. The first-order valence-corrected chi connectivity index (χ1v) is 4.00. The molecule has 0 fully saturated rings. The maximum atomic E-state index is 11.2. The Morgan fingerprint density at radius 1 is 1.50 bits per heavy atom. The van der Waals surface area contributed by atoms with Crippen LogP contribution >= 0.6 is 0 Å². The van der Waals surface area contributed by atoms with E-state index in [9.17, 15) is 4.79 Å². The average molecular weight is 157 g/mol. The van der Waals surface area contributed by atoms with Crippen LogP contribution in [0.2, 0.25) is 0 Å².